The number of hydrogen-bond acceptors (Lipinski definition) is 2. The fourth-order valence-electron chi connectivity index (χ4n) is 2.54. The molecule has 0 saturated carbocycles. The van der Waals surface area contributed by atoms with E-state index in [1.807, 2.05) is 31.2 Å². The van der Waals surface area contributed by atoms with Crippen molar-refractivity contribution in [3.8, 4) is 5.75 Å². The molecule has 0 atom stereocenters. The van der Waals surface area contributed by atoms with Gasteiger partial charge < -0.3 is 20.3 Å². The molecule has 0 heterocycles. The highest BCUT2D eigenvalue weighted by Crippen LogP contribution is 2.15. The van der Waals surface area contributed by atoms with Gasteiger partial charge in [-0.1, -0.05) is 0 Å². The molecule has 1 aromatic carbocycles. The Morgan fingerprint density at radius 2 is 1.73 bits per heavy atom. The molecule has 0 aromatic heterocycles. The molecule has 0 aliphatic carbocycles. The molecule has 0 bridgehead atoms. The van der Waals surface area contributed by atoms with E-state index in [9.17, 15) is 0 Å². The molecule has 0 fully saturated rings. The predicted octanol–water partition coefficient (Wildman–Crippen LogP) is 2.07. The van der Waals surface area contributed by atoms with E-state index < -0.39 is 0 Å². The third-order valence-corrected chi connectivity index (χ3v) is 3.85. The van der Waals surface area contributed by atoms with Crippen molar-refractivity contribution in [3.63, 3.8) is 0 Å². The molecule has 4 nitrogen and oxygen atoms in total. The van der Waals surface area contributed by atoms with E-state index in [0.717, 1.165) is 24.5 Å². The monoisotopic (exact) mass is 324 g/mol. The summed E-state index contributed by atoms with van der Waals surface area (Å²) in [5, 5.41) is 7.14. The van der Waals surface area contributed by atoms with E-state index >= 15 is 0 Å². The first-order valence-corrected chi connectivity index (χ1v) is 8.48. The van der Waals surface area contributed by atoms with Crippen molar-refractivity contribution in [3.05, 3.63) is 24.3 Å². The highest BCUT2D eigenvalue weighted by Gasteiger charge is 2.16. The summed E-state index contributed by atoms with van der Waals surface area (Å²) >= 11 is 5.34. The fourth-order valence-corrected chi connectivity index (χ4v) is 2.76. The fraction of sp³-hybridized carbons (Fsp3) is 0.588. The van der Waals surface area contributed by atoms with Crippen molar-refractivity contribution >= 4 is 23.0 Å². The van der Waals surface area contributed by atoms with Gasteiger partial charge in [-0.05, 0) is 71.1 Å². The number of ether oxygens (including phenoxy) is 1. The molecular weight excluding hydrogens is 294 g/mol. The molecule has 0 radical (unpaired) electrons. The Morgan fingerprint density at radius 1 is 1.14 bits per heavy atom. The second-order valence-electron chi connectivity index (χ2n) is 5.97. The maximum atomic E-state index is 5.42. The van der Waals surface area contributed by atoms with Gasteiger partial charge in [0.2, 0.25) is 0 Å². The minimum absolute atomic E-state index is 0.620. The van der Waals surface area contributed by atoms with E-state index in [1.165, 1.54) is 0 Å². The van der Waals surface area contributed by atoms with Gasteiger partial charge in [0, 0.05) is 5.69 Å². The lowest BCUT2D eigenvalue weighted by molar-refractivity contribution is -0.941. The zero-order chi connectivity index (χ0) is 16.5. The van der Waals surface area contributed by atoms with E-state index in [0.29, 0.717) is 23.8 Å². The number of hydrogen-bond donors (Lipinski definition) is 3. The smallest absolute Gasteiger partial charge is 0.170 e. The van der Waals surface area contributed by atoms with Crippen molar-refractivity contribution in [2.24, 2.45) is 0 Å². The van der Waals surface area contributed by atoms with Gasteiger partial charge in [0.1, 0.15) is 5.75 Å². The molecule has 124 valence electrons. The molecule has 0 unspecified atom stereocenters. The largest absolute Gasteiger partial charge is 0.494 e. The first-order valence-electron chi connectivity index (χ1n) is 8.07. The highest BCUT2D eigenvalue weighted by molar-refractivity contribution is 7.80. The Balaban J connectivity index is 2.36. The van der Waals surface area contributed by atoms with Crippen molar-refractivity contribution in [2.75, 3.05) is 25.0 Å². The molecule has 1 rings (SSSR count). The lowest BCUT2D eigenvalue weighted by Crippen LogP contribution is -3.18. The van der Waals surface area contributed by atoms with Crippen LogP contribution in [0, 0.1) is 0 Å². The van der Waals surface area contributed by atoms with Gasteiger partial charge in [-0.25, -0.2) is 0 Å². The van der Waals surface area contributed by atoms with E-state index in [4.69, 9.17) is 17.0 Å². The van der Waals surface area contributed by atoms with Crippen LogP contribution in [-0.4, -0.2) is 36.9 Å². The van der Waals surface area contributed by atoms with Crippen LogP contribution in [0.1, 0.15) is 34.6 Å². The summed E-state index contributed by atoms with van der Waals surface area (Å²) in [6, 6.07) is 9.07. The van der Waals surface area contributed by atoms with E-state index in [2.05, 4.69) is 38.3 Å². The maximum absolute atomic E-state index is 5.42. The van der Waals surface area contributed by atoms with Gasteiger partial charge in [0.15, 0.2) is 5.11 Å². The highest BCUT2D eigenvalue weighted by atomic mass is 32.1. The number of nitrogens with one attached hydrogen (secondary N) is 3. The molecule has 22 heavy (non-hydrogen) atoms. The minimum Gasteiger partial charge on any atom is -0.494 e. The van der Waals surface area contributed by atoms with Crippen LogP contribution in [0.25, 0.3) is 0 Å². The number of thiocarbonyl (C=S) groups is 1. The summed E-state index contributed by atoms with van der Waals surface area (Å²) < 4.78 is 5.42. The summed E-state index contributed by atoms with van der Waals surface area (Å²) in [5.41, 5.74) is 0.970. The van der Waals surface area contributed by atoms with Gasteiger partial charge in [0.05, 0.1) is 31.8 Å². The quantitative estimate of drug-likeness (QED) is 0.640. The van der Waals surface area contributed by atoms with Crippen molar-refractivity contribution in [2.45, 2.75) is 46.7 Å². The third-order valence-electron chi connectivity index (χ3n) is 3.61. The summed E-state index contributed by atoms with van der Waals surface area (Å²) in [6.07, 6.45) is 0. The Kier molecular flexibility index (Phi) is 8.20. The Morgan fingerprint density at radius 3 is 2.23 bits per heavy atom. The van der Waals surface area contributed by atoms with Gasteiger partial charge in [-0.15, -0.1) is 0 Å². The zero-order valence-corrected chi connectivity index (χ0v) is 15.2. The second kappa shape index (κ2) is 9.64. The van der Waals surface area contributed by atoms with Crippen molar-refractivity contribution < 1.29 is 9.64 Å². The van der Waals surface area contributed by atoms with Gasteiger partial charge in [0.25, 0.3) is 0 Å². The van der Waals surface area contributed by atoms with Gasteiger partial charge in [-0.3, -0.25) is 0 Å². The molecule has 0 saturated heterocycles. The van der Waals surface area contributed by atoms with Crippen LogP contribution in [0.5, 0.6) is 5.75 Å². The number of quaternary nitrogens is 1. The van der Waals surface area contributed by atoms with E-state index in [-0.39, 0.29) is 0 Å². The molecule has 0 spiro atoms. The molecule has 0 aliphatic heterocycles. The SMILES string of the molecule is CCOc1ccc(NC(=S)NCC[NH+](C(C)C)C(C)C)cc1. The molecule has 0 amide bonds. The summed E-state index contributed by atoms with van der Waals surface area (Å²) in [7, 11) is 0. The summed E-state index contributed by atoms with van der Waals surface area (Å²) in [4.78, 5) is 1.58. The molecule has 1 aromatic rings. The second-order valence-corrected chi connectivity index (χ2v) is 6.38. The van der Waals surface area contributed by atoms with Crippen molar-refractivity contribution in [1.82, 2.24) is 5.32 Å². The normalized spacial score (nSPS) is 11.1. The maximum Gasteiger partial charge on any atom is 0.170 e. The average Bonchev–Trinajstić information content (AvgIpc) is 2.45. The first kappa shape index (κ1) is 18.7. The average molecular weight is 325 g/mol. The molecule has 5 heteroatoms. The minimum atomic E-state index is 0.620. The molecule has 3 N–H and O–H groups in total. The first-order chi connectivity index (χ1) is 10.4. The summed E-state index contributed by atoms with van der Waals surface area (Å²) in [5.74, 6) is 0.875. The predicted molar refractivity (Wildman–Crippen MR) is 97.9 cm³/mol. The van der Waals surface area contributed by atoms with Crippen LogP contribution < -0.4 is 20.3 Å². The van der Waals surface area contributed by atoms with Crippen LogP contribution in [0.2, 0.25) is 0 Å². The van der Waals surface area contributed by atoms with Crippen LogP contribution in [-0.2, 0) is 0 Å². The zero-order valence-electron chi connectivity index (χ0n) is 14.4. The summed E-state index contributed by atoms with van der Waals surface area (Å²) in [6.45, 7) is 13.6. The van der Waals surface area contributed by atoms with E-state index in [1.54, 1.807) is 4.90 Å². The Bertz CT molecular complexity index is 438. The molecule has 0 aliphatic rings. The standard InChI is InChI=1S/C17H29N3OS/c1-6-21-16-9-7-15(8-10-16)19-17(22)18-11-12-20(13(2)3)14(4)5/h7-10,13-14H,6,11-12H2,1-5H3,(H2,18,19,22)/p+1. The van der Waals surface area contributed by atoms with Crippen LogP contribution in [0.15, 0.2) is 24.3 Å². The van der Waals surface area contributed by atoms with Gasteiger partial charge >= 0.3 is 0 Å². The Labute approximate surface area is 140 Å². The van der Waals surface area contributed by atoms with Crippen LogP contribution in [0.4, 0.5) is 5.69 Å². The van der Waals surface area contributed by atoms with Crippen LogP contribution >= 0.6 is 12.2 Å². The number of benzene rings is 1. The van der Waals surface area contributed by atoms with Crippen molar-refractivity contribution in [1.29, 1.82) is 0 Å². The molecular formula is C17H30N3OS+. The number of rotatable bonds is 8. The van der Waals surface area contributed by atoms with Crippen LogP contribution in [0.3, 0.4) is 0 Å². The van der Waals surface area contributed by atoms with Gasteiger partial charge in [-0.2, -0.15) is 0 Å². The third kappa shape index (κ3) is 6.62. The number of anilines is 1. The lowest BCUT2D eigenvalue weighted by atomic mass is 10.2. The topological polar surface area (TPSA) is 37.7 Å². The Hall–Kier alpha value is -1.33. The lowest BCUT2D eigenvalue weighted by Gasteiger charge is -2.27.